The molecular weight excluding hydrogens is 234 g/mol. The van der Waals surface area contributed by atoms with Gasteiger partial charge in [-0.3, -0.25) is 4.98 Å². The van der Waals surface area contributed by atoms with E-state index in [1.807, 2.05) is 42.7 Å². The fourth-order valence-electron chi connectivity index (χ4n) is 1.88. The molecule has 2 N–H and O–H groups in total. The molecule has 0 amide bonds. The highest BCUT2D eigenvalue weighted by Gasteiger charge is 2.02. The second-order valence-corrected chi connectivity index (χ2v) is 3.72. The Morgan fingerprint density at radius 3 is 2.76 bits per heavy atom. The molecule has 17 heavy (non-hydrogen) atoms. The minimum absolute atomic E-state index is 0. The lowest BCUT2D eigenvalue weighted by atomic mass is 10.2. The second kappa shape index (κ2) is 4.47. The Kier molecular flexibility index (Phi) is 3.02. The molecule has 0 radical (unpaired) electrons. The third-order valence-electron chi connectivity index (χ3n) is 2.64. The van der Waals surface area contributed by atoms with Gasteiger partial charge in [0.15, 0.2) is 0 Å². The number of hydrogen-bond acceptors (Lipinski definition) is 2. The van der Waals surface area contributed by atoms with Gasteiger partial charge in [0.1, 0.15) is 0 Å². The number of fused-ring (bicyclic) bond motifs is 1. The lowest BCUT2D eigenvalue weighted by Crippen LogP contribution is -1.92. The monoisotopic (exact) mass is 245 g/mol. The summed E-state index contributed by atoms with van der Waals surface area (Å²) >= 11 is 0. The fourth-order valence-corrected chi connectivity index (χ4v) is 1.88. The van der Waals surface area contributed by atoms with E-state index < -0.39 is 0 Å². The lowest BCUT2D eigenvalue weighted by Gasteiger charge is -2.04. The van der Waals surface area contributed by atoms with Gasteiger partial charge in [-0.1, -0.05) is 0 Å². The van der Waals surface area contributed by atoms with Crippen molar-refractivity contribution in [2.75, 3.05) is 5.73 Å². The normalized spacial score (nSPS) is 10.1. The molecule has 0 bridgehead atoms. The number of halogens is 1. The van der Waals surface area contributed by atoms with Crippen molar-refractivity contribution in [1.29, 1.82) is 0 Å². The van der Waals surface area contributed by atoms with Crippen LogP contribution < -0.4 is 5.73 Å². The minimum Gasteiger partial charge on any atom is -0.399 e. The molecule has 0 aliphatic rings. The minimum atomic E-state index is 0. The Bertz CT molecular complexity index is 631. The van der Waals surface area contributed by atoms with Gasteiger partial charge in [0.05, 0.1) is 17.4 Å². The van der Waals surface area contributed by atoms with Crippen molar-refractivity contribution in [3.63, 3.8) is 0 Å². The van der Waals surface area contributed by atoms with E-state index in [1.54, 1.807) is 6.20 Å². The number of hydrogen-bond donors (Lipinski definition) is 1. The zero-order valence-electron chi connectivity index (χ0n) is 9.08. The topological polar surface area (TPSA) is 43.8 Å². The Hall–Kier alpha value is -2.00. The van der Waals surface area contributed by atoms with E-state index in [0.717, 1.165) is 22.3 Å². The van der Waals surface area contributed by atoms with Gasteiger partial charge >= 0.3 is 0 Å². The first-order chi connectivity index (χ1) is 7.84. The summed E-state index contributed by atoms with van der Waals surface area (Å²) in [5.74, 6) is 0. The van der Waals surface area contributed by atoms with Crippen LogP contribution in [0.1, 0.15) is 0 Å². The van der Waals surface area contributed by atoms with Gasteiger partial charge in [0.25, 0.3) is 0 Å². The highest BCUT2D eigenvalue weighted by molar-refractivity contribution is 5.85. The van der Waals surface area contributed by atoms with Gasteiger partial charge in [0, 0.05) is 23.5 Å². The van der Waals surface area contributed by atoms with Crippen molar-refractivity contribution in [3.05, 3.63) is 55.0 Å². The summed E-state index contributed by atoms with van der Waals surface area (Å²) in [5.41, 5.74) is 8.74. The lowest BCUT2D eigenvalue weighted by molar-refractivity contribution is 1.10. The van der Waals surface area contributed by atoms with E-state index in [0.29, 0.717) is 0 Å². The molecular formula is C13H12ClN3. The zero-order chi connectivity index (χ0) is 11.0. The van der Waals surface area contributed by atoms with Crippen molar-refractivity contribution in [3.8, 4) is 5.69 Å². The third kappa shape index (κ3) is 1.97. The SMILES string of the molecule is Cl.Nc1ccc2c(ccn2-c2cccnc2)c1. The Balaban J connectivity index is 0.00000108. The van der Waals surface area contributed by atoms with E-state index in [2.05, 4.69) is 15.6 Å². The molecule has 0 atom stereocenters. The molecule has 3 rings (SSSR count). The number of aromatic nitrogens is 2. The van der Waals surface area contributed by atoms with E-state index in [4.69, 9.17) is 5.73 Å². The van der Waals surface area contributed by atoms with Crippen LogP contribution in [-0.2, 0) is 0 Å². The molecule has 2 heterocycles. The molecule has 0 fully saturated rings. The molecule has 1 aromatic carbocycles. The van der Waals surface area contributed by atoms with Gasteiger partial charge in [-0.15, -0.1) is 12.4 Å². The van der Waals surface area contributed by atoms with E-state index in [-0.39, 0.29) is 12.4 Å². The van der Waals surface area contributed by atoms with Crippen LogP contribution in [-0.4, -0.2) is 9.55 Å². The molecule has 0 aliphatic carbocycles. The van der Waals surface area contributed by atoms with Crippen LogP contribution in [0.25, 0.3) is 16.6 Å². The molecule has 0 unspecified atom stereocenters. The molecule has 2 aromatic heterocycles. The van der Waals surface area contributed by atoms with E-state index in [9.17, 15) is 0 Å². The van der Waals surface area contributed by atoms with Crippen molar-refractivity contribution in [2.24, 2.45) is 0 Å². The van der Waals surface area contributed by atoms with Crippen LogP contribution in [0.5, 0.6) is 0 Å². The molecule has 0 spiro atoms. The first-order valence-electron chi connectivity index (χ1n) is 5.11. The number of nitrogens with zero attached hydrogens (tertiary/aromatic N) is 2. The number of benzene rings is 1. The number of anilines is 1. The summed E-state index contributed by atoms with van der Waals surface area (Å²) in [6, 6.07) is 11.9. The third-order valence-corrected chi connectivity index (χ3v) is 2.64. The van der Waals surface area contributed by atoms with Crippen molar-refractivity contribution in [1.82, 2.24) is 9.55 Å². The van der Waals surface area contributed by atoms with Crippen LogP contribution in [0.4, 0.5) is 5.69 Å². The number of rotatable bonds is 1. The van der Waals surface area contributed by atoms with E-state index >= 15 is 0 Å². The Labute approximate surface area is 105 Å². The van der Waals surface area contributed by atoms with Gasteiger partial charge in [-0.05, 0) is 36.4 Å². The average molecular weight is 246 g/mol. The van der Waals surface area contributed by atoms with E-state index in [1.165, 1.54) is 0 Å². The quantitative estimate of drug-likeness (QED) is 0.670. The van der Waals surface area contributed by atoms with Gasteiger partial charge < -0.3 is 10.3 Å². The van der Waals surface area contributed by atoms with Crippen molar-refractivity contribution < 1.29 is 0 Å². The van der Waals surface area contributed by atoms with Crippen LogP contribution in [0.15, 0.2) is 55.0 Å². The predicted molar refractivity (Wildman–Crippen MR) is 72.7 cm³/mol. The highest BCUT2D eigenvalue weighted by atomic mass is 35.5. The Morgan fingerprint density at radius 2 is 2.00 bits per heavy atom. The summed E-state index contributed by atoms with van der Waals surface area (Å²) in [6.45, 7) is 0. The predicted octanol–water partition coefficient (Wildman–Crippen LogP) is 3.03. The van der Waals surface area contributed by atoms with Crippen LogP contribution >= 0.6 is 12.4 Å². The van der Waals surface area contributed by atoms with Gasteiger partial charge in [-0.25, -0.2) is 0 Å². The summed E-state index contributed by atoms with van der Waals surface area (Å²) in [7, 11) is 0. The largest absolute Gasteiger partial charge is 0.399 e. The van der Waals surface area contributed by atoms with Crippen molar-refractivity contribution >= 4 is 29.0 Å². The number of pyridine rings is 1. The van der Waals surface area contributed by atoms with Crippen LogP contribution in [0.3, 0.4) is 0 Å². The average Bonchev–Trinajstić information content (AvgIpc) is 2.73. The Morgan fingerprint density at radius 1 is 1.12 bits per heavy atom. The number of nitrogen functional groups attached to an aromatic ring is 1. The van der Waals surface area contributed by atoms with Crippen molar-refractivity contribution in [2.45, 2.75) is 0 Å². The maximum atomic E-state index is 5.75. The maximum absolute atomic E-state index is 5.75. The van der Waals surface area contributed by atoms with Gasteiger partial charge in [0.2, 0.25) is 0 Å². The molecule has 3 nitrogen and oxygen atoms in total. The maximum Gasteiger partial charge on any atom is 0.0639 e. The molecule has 0 saturated carbocycles. The molecule has 86 valence electrons. The highest BCUT2D eigenvalue weighted by Crippen LogP contribution is 2.21. The summed E-state index contributed by atoms with van der Waals surface area (Å²) < 4.78 is 2.10. The molecule has 3 aromatic rings. The number of nitrogens with two attached hydrogens (primary N) is 1. The van der Waals surface area contributed by atoms with Gasteiger partial charge in [-0.2, -0.15) is 0 Å². The zero-order valence-corrected chi connectivity index (χ0v) is 9.89. The standard InChI is InChI=1S/C13H11N3.ClH/c14-11-3-4-13-10(8-11)5-7-16(13)12-2-1-6-15-9-12;/h1-9H,14H2;1H. The summed E-state index contributed by atoms with van der Waals surface area (Å²) in [5, 5.41) is 1.14. The summed E-state index contributed by atoms with van der Waals surface area (Å²) in [4.78, 5) is 4.12. The second-order valence-electron chi connectivity index (χ2n) is 3.72. The first-order valence-corrected chi connectivity index (χ1v) is 5.11. The summed E-state index contributed by atoms with van der Waals surface area (Å²) in [6.07, 6.45) is 5.64. The fraction of sp³-hybridized carbons (Fsp3) is 0. The molecule has 0 aliphatic heterocycles. The first kappa shape index (κ1) is 11.5. The smallest absolute Gasteiger partial charge is 0.0639 e. The molecule has 0 saturated heterocycles. The molecule has 4 heteroatoms. The van der Waals surface area contributed by atoms with Crippen LogP contribution in [0, 0.1) is 0 Å². The van der Waals surface area contributed by atoms with Crippen LogP contribution in [0.2, 0.25) is 0 Å².